The van der Waals surface area contributed by atoms with E-state index in [2.05, 4.69) is 33.8 Å². The van der Waals surface area contributed by atoms with Gasteiger partial charge < -0.3 is 5.73 Å². The molecule has 0 spiro atoms. The van der Waals surface area contributed by atoms with E-state index in [0.29, 0.717) is 16.9 Å². The smallest absolute Gasteiger partial charge is 0.250 e. The van der Waals surface area contributed by atoms with Crippen molar-refractivity contribution in [2.75, 3.05) is 11.1 Å². The molecule has 0 aromatic carbocycles. The van der Waals surface area contributed by atoms with Gasteiger partial charge in [-0.25, -0.2) is 0 Å². The first-order valence-electron chi connectivity index (χ1n) is 7.14. The third-order valence-corrected chi connectivity index (χ3v) is 3.46. The number of nitrogens with one attached hydrogen (secondary N) is 1. The standard InChI is InChI=1S/C16H16N6O/c1-3-10-7-11(9-18-8-10)22-6-5-12-14(17)20-16(21-15(12)22)19-13(23)4-2/h4-9H,2-3H2,1H3,(H3,17,19,20,21,23). The van der Waals surface area contributed by atoms with E-state index in [1.54, 1.807) is 6.20 Å². The van der Waals surface area contributed by atoms with Crippen molar-refractivity contribution >= 4 is 28.7 Å². The van der Waals surface area contributed by atoms with Crippen LogP contribution in [0.3, 0.4) is 0 Å². The van der Waals surface area contributed by atoms with Gasteiger partial charge in [-0.2, -0.15) is 9.97 Å². The molecule has 3 rings (SSSR count). The fourth-order valence-electron chi connectivity index (χ4n) is 2.26. The predicted molar refractivity (Wildman–Crippen MR) is 89.3 cm³/mol. The van der Waals surface area contributed by atoms with Crippen LogP contribution >= 0.6 is 0 Å². The Morgan fingerprint density at radius 2 is 2.26 bits per heavy atom. The monoisotopic (exact) mass is 308 g/mol. The van der Waals surface area contributed by atoms with Crippen LogP contribution in [-0.2, 0) is 11.2 Å². The van der Waals surface area contributed by atoms with Gasteiger partial charge in [-0.1, -0.05) is 13.5 Å². The summed E-state index contributed by atoms with van der Waals surface area (Å²) in [5, 5.41) is 3.24. The van der Waals surface area contributed by atoms with Gasteiger partial charge in [-0.3, -0.25) is 19.7 Å². The number of nitrogen functional groups attached to an aromatic ring is 1. The molecular weight excluding hydrogens is 292 g/mol. The number of carbonyl (C=O) groups excluding carboxylic acids is 1. The number of carbonyl (C=O) groups is 1. The maximum Gasteiger partial charge on any atom is 0.250 e. The Balaban J connectivity index is 2.14. The number of anilines is 2. The van der Waals surface area contributed by atoms with Crippen LogP contribution in [0.1, 0.15) is 12.5 Å². The zero-order chi connectivity index (χ0) is 16.4. The SMILES string of the molecule is C=CC(=O)Nc1nc(N)c2ccn(-c3cncc(CC)c3)c2n1. The van der Waals surface area contributed by atoms with Gasteiger partial charge in [0.05, 0.1) is 17.3 Å². The summed E-state index contributed by atoms with van der Waals surface area (Å²) >= 11 is 0. The molecule has 0 aliphatic carbocycles. The molecule has 1 amide bonds. The number of hydrogen-bond donors (Lipinski definition) is 2. The lowest BCUT2D eigenvalue weighted by Gasteiger charge is -2.08. The van der Waals surface area contributed by atoms with Gasteiger partial charge in [0.25, 0.3) is 0 Å². The van der Waals surface area contributed by atoms with Crippen molar-refractivity contribution in [1.82, 2.24) is 19.5 Å². The van der Waals surface area contributed by atoms with Crippen LogP contribution in [0.25, 0.3) is 16.7 Å². The van der Waals surface area contributed by atoms with Gasteiger partial charge in [0.15, 0.2) is 5.65 Å². The molecule has 0 aliphatic rings. The van der Waals surface area contributed by atoms with E-state index >= 15 is 0 Å². The molecule has 7 nitrogen and oxygen atoms in total. The molecule has 0 saturated carbocycles. The first kappa shape index (κ1) is 14.7. The molecule has 3 aromatic rings. The minimum atomic E-state index is -0.392. The maximum atomic E-state index is 11.4. The third kappa shape index (κ3) is 2.76. The molecule has 0 unspecified atom stereocenters. The average Bonchev–Trinajstić information content (AvgIpc) is 2.99. The lowest BCUT2D eigenvalue weighted by molar-refractivity contribution is -0.111. The summed E-state index contributed by atoms with van der Waals surface area (Å²) in [5.74, 6) is 0.0451. The highest BCUT2D eigenvalue weighted by Crippen LogP contribution is 2.24. The molecule has 0 aliphatic heterocycles. The number of aryl methyl sites for hydroxylation is 1. The van der Waals surface area contributed by atoms with Crippen molar-refractivity contribution in [3.63, 3.8) is 0 Å². The molecule has 0 atom stereocenters. The van der Waals surface area contributed by atoms with Gasteiger partial charge in [-0.15, -0.1) is 0 Å². The Labute approximate surface area is 132 Å². The van der Waals surface area contributed by atoms with Crippen molar-refractivity contribution in [2.45, 2.75) is 13.3 Å². The van der Waals surface area contributed by atoms with Crippen LogP contribution in [-0.4, -0.2) is 25.4 Å². The van der Waals surface area contributed by atoms with Gasteiger partial charge in [0.2, 0.25) is 11.9 Å². The molecule has 7 heteroatoms. The Hall–Kier alpha value is -3.22. The molecular formula is C16H16N6O. The summed E-state index contributed by atoms with van der Waals surface area (Å²) in [6.07, 6.45) is 7.47. The number of fused-ring (bicyclic) bond motifs is 1. The lowest BCUT2D eigenvalue weighted by atomic mass is 10.2. The zero-order valence-corrected chi connectivity index (χ0v) is 12.7. The van der Waals surface area contributed by atoms with Crippen LogP contribution < -0.4 is 11.1 Å². The zero-order valence-electron chi connectivity index (χ0n) is 12.7. The van der Waals surface area contributed by atoms with Gasteiger partial charge in [0.1, 0.15) is 5.82 Å². The number of nitrogens with zero attached hydrogens (tertiary/aromatic N) is 4. The van der Waals surface area contributed by atoms with E-state index in [1.165, 1.54) is 0 Å². The topological polar surface area (TPSA) is 98.7 Å². The molecule has 3 aromatic heterocycles. The van der Waals surface area contributed by atoms with Gasteiger partial charge in [-0.05, 0) is 30.2 Å². The number of rotatable bonds is 4. The number of amides is 1. The first-order chi connectivity index (χ1) is 11.1. The number of hydrogen-bond acceptors (Lipinski definition) is 5. The minimum Gasteiger partial charge on any atom is -0.383 e. The molecule has 116 valence electrons. The quantitative estimate of drug-likeness (QED) is 0.719. The first-order valence-corrected chi connectivity index (χ1v) is 7.14. The highest BCUT2D eigenvalue weighted by Gasteiger charge is 2.12. The summed E-state index contributed by atoms with van der Waals surface area (Å²) in [6.45, 7) is 5.47. The Morgan fingerprint density at radius 1 is 1.43 bits per heavy atom. The molecule has 0 bridgehead atoms. The Bertz CT molecular complexity index is 899. The number of aromatic nitrogens is 4. The fourth-order valence-corrected chi connectivity index (χ4v) is 2.26. The van der Waals surface area contributed by atoms with E-state index in [4.69, 9.17) is 5.73 Å². The normalized spacial score (nSPS) is 10.7. The number of nitrogens with two attached hydrogens (primary N) is 1. The molecule has 3 N–H and O–H groups in total. The third-order valence-electron chi connectivity index (χ3n) is 3.46. The lowest BCUT2D eigenvalue weighted by Crippen LogP contribution is -2.12. The van der Waals surface area contributed by atoms with Crippen molar-refractivity contribution in [3.8, 4) is 5.69 Å². The average molecular weight is 308 g/mol. The second-order valence-electron chi connectivity index (χ2n) is 4.95. The highest BCUT2D eigenvalue weighted by molar-refractivity contribution is 5.99. The van der Waals surface area contributed by atoms with Crippen molar-refractivity contribution < 1.29 is 4.79 Å². The van der Waals surface area contributed by atoms with Gasteiger partial charge in [0, 0.05) is 12.4 Å². The van der Waals surface area contributed by atoms with Crippen LogP contribution in [0.5, 0.6) is 0 Å². The second-order valence-corrected chi connectivity index (χ2v) is 4.95. The summed E-state index contributed by atoms with van der Waals surface area (Å²) in [7, 11) is 0. The Morgan fingerprint density at radius 3 is 3.00 bits per heavy atom. The summed E-state index contributed by atoms with van der Waals surface area (Å²) in [6, 6.07) is 3.87. The van der Waals surface area contributed by atoms with Crippen molar-refractivity contribution in [3.05, 3.63) is 48.9 Å². The van der Waals surface area contributed by atoms with Crippen molar-refractivity contribution in [2.24, 2.45) is 0 Å². The van der Waals surface area contributed by atoms with E-state index in [9.17, 15) is 4.79 Å². The second kappa shape index (κ2) is 5.88. The molecule has 0 radical (unpaired) electrons. The van der Waals surface area contributed by atoms with E-state index in [-0.39, 0.29) is 5.95 Å². The number of pyridine rings is 1. The molecule has 23 heavy (non-hydrogen) atoms. The summed E-state index contributed by atoms with van der Waals surface area (Å²) < 4.78 is 1.86. The van der Waals surface area contributed by atoms with Crippen LogP contribution in [0, 0.1) is 0 Å². The van der Waals surface area contributed by atoms with Gasteiger partial charge >= 0.3 is 0 Å². The minimum absolute atomic E-state index is 0.138. The Kier molecular flexibility index (Phi) is 3.76. The molecule has 0 fully saturated rings. The fraction of sp³-hybridized carbons (Fsp3) is 0.125. The van der Waals surface area contributed by atoms with Crippen LogP contribution in [0.15, 0.2) is 43.4 Å². The van der Waals surface area contributed by atoms with Crippen LogP contribution in [0.4, 0.5) is 11.8 Å². The van der Waals surface area contributed by atoms with Crippen LogP contribution in [0.2, 0.25) is 0 Å². The largest absolute Gasteiger partial charge is 0.383 e. The van der Waals surface area contributed by atoms with Crippen molar-refractivity contribution in [1.29, 1.82) is 0 Å². The van der Waals surface area contributed by atoms with E-state index in [1.807, 2.05) is 29.1 Å². The summed E-state index contributed by atoms with van der Waals surface area (Å²) in [5.41, 5.74) is 8.56. The highest BCUT2D eigenvalue weighted by atomic mass is 16.1. The maximum absolute atomic E-state index is 11.4. The van der Waals surface area contributed by atoms with E-state index < -0.39 is 5.91 Å². The van der Waals surface area contributed by atoms with E-state index in [0.717, 1.165) is 23.7 Å². The molecule has 0 saturated heterocycles. The molecule has 3 heterocycles. The summed E-state index contributed by atoms with van der Waals surface area (Å²) in [4.78, 5) is 24.2. The predicted octanol–water partition coefficient (Wildman–Crippen LogP) is 2.08.